The summed E-state index contributed by atoms with van der Waals surface area (Å²) in [5.41, 5.74) is 0.866. The molecular weight excluding hydrogens is 290 g/mol. The smallest absolute Gasteiger partial charge is 0.253 e. The van der Waals surface area contributed by atoms with Gasteiger partial charge < -0.3 is 10.1 Å². The van der Waals surface area contributed by atoms with Gasteiger partial charge in [0.15, 0.2) is 0 Å². The van der Waals surface area contributed by atoms with Crippen molar-refractivity contribution in [2.24, 2.45) is 0 Å². The van der Waals surface area contributed by atoms with Crippen LogP contribution in [0.1, 0.15) is 25.3 Å². The van der Waals surface area contributed by atoms with Crippen LogP contribution in [0.4, 0.5) is 0 Å². The zero-order valence-electron chi connectivity index (χ0n) is 12.7. The second kappa shape index (κ2) is 6.74. The number of nitrogens with one attached hydrogen (secondary N) is 2. The number of ether oxygens (including phenoxy) is 1. The van der Waals surface area contributed by atoms with Gasteiger partial charge in [0.25, 0.3) is 10.0 Å². The molecule has 0 unspecified atom stereocenters. The molecule has 1 aliphatic rings. The lowest BCUT2D eigenvalue weighted by molar-refractivity contribution is 0.335. The van der Waals surface area contributed by atoms with Gasteiger partial charge in [-0.3, -0.25) is 0 Å². The molecule has 118 valence electrons. The second-order valence-electron chi connectivity index (χ2n) is 5.35. The van der Waals surface area contributed by atoms with Gasteiger partial charge in [-0.25, -0.2) is 13.4 Å². The lowest BCUT2D eigenvalue weighted by atomic mass is 10.2. The van der Waals surface area contributed by atoms with E-state index in [1.54, 1.807) is 32.3 Å². The Morgan fingerprint density at radius 1 is 1.33 bits per heavy atom. The van der Waals surface area contributed by atoms with Crippen LogP contribution >= 0.6 is 0 Å². The van der Waals surface area contributed by atoms with E-state index in [1.165, 1.54) is 17.9 Å². The predicted octanol–water partition coefficient (Wildman–Crippen LogP) is 1.09. The Morgan fingerprint density at radius 2 is 2.05 bits per heavy atom. The largest absolute Gasteiger partial charge is 0.494 e. The summed E-state index contributed by atoms with van der Waals surface area (Å²) in [4.78, 5) is 2.68. The fourth-order valence-corrected chi connectivity index (χ4v) is 3.12. The van der Waals surface area contributed by atoms with Crippen LogP contribution in [0.5, 0.6) is 5.75 Å². The SMILES string of the molecule is CCOc1ccc(S(=O)(=O)NN(C)C)cc1CNC1CC1. The predicted molar refractivity (Wildman–Crippen MR) is 81.5 cm³/mol. The van der Waals surface area contributed by atoms with Gasteiger partial charge in [0, 0.05) is 32.2 Å². The standard InChI is InChI=1S/C14H23N3O3S/c1-4-20-14-8-7-13(21(18,19)16-17(2)3)9-11(14)10-15-12-5-6-12/h7-9,12,15-16H,4-6,10H2,1-3H3. The van der Waals surface area contributed by atoms with Crippen molar-refractivity contribution in [1.82, 2.24) is 15.2 Å². The maximum Gasteiger partial charge on any atom is 0.253 e. The Labute approximate surface area is 126 Å². The molecule has 0 saturated heterocycles. The highest BCUT2D eigenvalue weighted by Gasteiger charge is 2.22. The van der Waals surface area contributed by atoms with Crippen LogP contribution in [0.2, 0.25) is 0 Å². The number of hydrogen-bond acceptors (Lipinski definition) is 5. The van der Waals surface area contributed by atoms with Crippen LogP contribution in [-0.4, -0.2) is 40.2 Å². The topological polar surface area (TPSA) is 70.7 Å². The van der Waals surface area contributed by atoms with E-state index in [9.17, 15) is 8.42 Å². The van der Waals surface area contributed by atoms with E-state index in [1.807, 2.05) is 6.92 Å². The van der Waals surface area contributed by atoms with Crippen molar-refractivity contribution in [3.63, 3.8) is 0 Å². The zero-order valence-corrected chi connectivity index (χ0v) is 13.5. The fourth-order valence-electron chi connectivity index (χ4n) is 1.99. The highest BCUT2D eigenvalue weighted by molar-refractivity contribution is 7.89. The molecule has 0 aromatic heterocycles. The van der Waals surface area contributed by atoms with E-state index in [4.69, 9.17) is 4.74 Å². The molecule has 1 fully saturated rings. The summed E-state index contributed by atoms with van der Waals surface area (Å²) in [5.74, 6) is 0.731. The molecule has 0 spiro atoms. The summed E-state index contributed by atoms with van der Waals surface area (Å²) in [5, 5.41) is 4.80. The molecule has 0 heterocycles. The molecule has 1 aliphatic carbocycles. The Bertz CT molecular complexity index is 583. The van der Waals surface area contributed by atoms with E-state index in [0.717, 1.165) is 11.3 Å². The molecule has 2 N–H and O–H groups in total. The lowest BCUT2D eigenvalue weighted by Gasteiger charge is -2.15. The average molecular weight is 313 g/mol. The third kappa shape index (κ3) is 4.67. The minimum atomic E-state index is -3.54. The first-order chi connectivity index (χ1) is 9.92. The molecule has 1 aromatic carbocycles. The summed E-state index contributed by atoms with van der Waals surface area (Å²) in [6, 6.07) is 5.51. The number of rotatable bonds is 8. The normalized spacial score (nSPS) is 15.4. The molecule has 0 aliphatic heterocycles. The summed E-state index contributed by atoms with van der Waals surface area (Å²) < 4.78 is 30.0. The van der Waals surface area contributed by atoms with Crippen molar-refractivity contribution in [2.75, 3.05) is 20.7 Å². The van der Waals surface area contributed by atoms with Crippen LogP contribution in [0, 0.1) is 0 Å². The third-order valence-electron chi connectivity index (χ3n) is 3.10. The molecule has 1 aromatic rings. The van der Waals surface area contributed by atoms with Crippen LogP contribution in [-0.2, 0) is 16.6 Å². The minimum Gasteiger partial charge on any atom is -0.494 e. The molecule has 21 heavy (non-hydrogen) atoms. The van der Waals surface area contributed by atoms with Gasteiger partial charge in [0.1, 0.15) is 5.75 Å². The average Bonchev–Trinajstić information content (AvgIpc) is 3.20. The first-order valence-corrected chi connectivity index (χ1v) is 8.59. The van der Waals surface area contributed by atoms with Crippen LogP contribution in [0.3, 0.4) is 0 Å². The first kappa shape index (κ1) is 16.2. The quantitative estimate of drug-likeness (QED) is 0.703. The molecule has 1 saturated carbocycles. The highest BCUT2D eigenvalue weighted by Crippen LogP contribution is 2.25. The molecule has 0 amide bonds. The number of sulfonamides is 1. The molecule has 2 rings (SSSR count). The summed E-state index contributed by atoms with van der Waals surface area (Å²) in [7, 11) is -0.263. The Hall–Kier alpha value is -1.15. The Morgan fingerprint density at radius 3 is 2.62 bits per heavy atom. The maximum atomic E-state index is 12.2. The minimum absolute atomic E-state index is 0.243. The zero-order chi connectivity index (χ0) is 15.5. The van der Waals surface area contributed by atoms with Gasteiger partial charge in [-0.2, -0.15) is 0 Å². The molecular formula is C14H23N3O3S. The van der Waals surface area contributed by atoms with Crippen LogP contribution in [0.25, 0.3) is 0 Å². The molecule has 0 bridgehead atoms. The molecule has 7 heteroatoms. The molecule has 0 radical (unpaired) electrons. The summed E-state index contributed by atoms with van der Waals surface area (Å²) in [6.45, 7) is 3.08. The van der Waals surface area contributed by atoms with Gasteiger partial charge in [0.05, 0.1) is 11.5 Å². The molecule has 6 nitrogen and oxygen atoms in total. The number of benzene rings is 1. The van der Waals surface area contributed by atoms with Crippen molar-refractivity contribution >= 4 is 10.0 Å². The van der Waals surface area contributed by atoms with Gasteiger partial charge in [-0.1, -0.05) is 0 Å². The lowest BCUT2D eigenvalue weighted by Crippen LogP contribution is -2.36. The van der Waals surface area contributed by atoms with E-state index in [-0.39, 0.29) is 4.90 Å². The van der Waals surface area contributed by atoms with Crippen molar-refractivity contribution in [3.05, 3.63) is 23.8 Å². The monoisotopic (exact) mass is 313 g/mol. The number of nitrogens with zero attached hydrogens (tertiary/aromatic N) is 1. The van der Waals surface area contributed by atoms with Crippen molar-refractivity contribution < 1.29 is 13.2 Å². The van der Waals surface area contributed by atoms with Crippen molar-refractivity contribution in [2.45, 2.75) is 37.2 Å². The van der Waals surface area contributed by atoms with Gasteiger partial charge in [-0.15, -0.1) is 4.83 Å². The van der Waals surface area contributed by atoms with Gasteiger partial charge in [0.2, 0.25) is 0 Å². The summed E-state index contributed by atoms with van der Waals surface area (Å²) >= 11 is 0. The first-order valence-electron chi connectivity index (χ1n) is 7.11. The summed E-state index contributed by atoms with van der Waals surface area (Å²) in [6.07, 6.45) is 2.37. The van der Waals surface area contributed by atoms with Gasteiger partial charge in [-0.05, 0) is 38.0 Å². The molecule has 0 atom stereocenters. The number of hydrogen-bond donors (Lipinski definition) is 2. The third-order valence-corrected chi connectivity index (χ3v) is 4.58. The van der Waals surface area contributed by atoms with Crippen molar-refractivity contribution in [1.29, 1.82) is 0 Å². The van der Waals surface area contributed by atoms with Crippen LogP contribution in [0.15, 0.2) is 23.1 Å². The van der Waals surface area contributed by atoms with E-state index in [0.29, 0.717) is 19.2 Å². The highest BCUT2D eigenvalue weighted by atomic mass is 32.2. The Kier molecular flexibility index (Phi) is 5.21. The van der Waals surface area contributed by atoms with Crippen LogP contribution < -0.4 is 14.9 Å². The van der Waals surface area contributed by atoms with E-state index < -0.39 is 10.0 Å². The maximum absolute atomic E-state index is 12.2. The van der Waals surface area contributed by atoms with E-state index >= 15 is 0 Å². The fraction of sp³-hybridized carbons (Fsp3) is 0.571. The number of hydrazine groups is 1. The van der Waals surface area contributed by atoms with Gasteiger partial charge >= 0.3 is 0 Å². The van der Waals surface area contributed by atoms with Crippen molar-refractivity contribution in [3.8, 4) is 5.75 Å². The Balaban J connectivity index is 2.23. The van der Waals surface area contributed by atoms with E-state index in [2.05, 4.69) is 10.1 Å². The second-order valence-corrected chi connectivity index (χ2v) is 7.01.